The van der Waals surface area contributed by atoms with Crippen LogP contribution in [0.4, 0.5) is 0 Å². The van der Waals surface area contributed by atoms with Crippen LogP contribution < -0.4 is 4.74 Å². The van der Waals surface area contributed by atoms with Crippen molar-refractivity contribution in [1.29, 1.82) is 0 Å². The van der Waals surface area contributed by atoms with Crippen LogP contribution in [0.3, 0.4) is 0 Å². The van der Waals surface area contributed by atoms with E-state index in [4.69, 9.17) is 9.47 Å². The summed E-state index contributed by atoms with van der Waals surface area (Å²) in [6.45, 7) is 6.80. The molecule has 3 aliphatic rings. The first-order chi connectivity index (χ1) is 12.1. The summed E-state index contributed by atoms with van der Waals surface area (Å²) in [7, 11) is 2.18. The number of ether oxygens (including phenoxy) is 2. The maximum Gasteiger partial charge on any atom is 0.260 e. The predicted octanol–water partition coefficient (Wildman–Crippen LogP) is 0.683. The minimum absolute atomic E-state index is 0.0427. The van der Waals surface area contributed by atoms with Crippen LogP contribution in [0.15, 0.2) is 30.3 Å². The van der Waals surface area contributed by atoms with Gasteiger partial charge < -0.3 is 19.3 Å². The minimum Gasteiger partial charge on any atom is -0.484 e. The second-order valence-electron chi connectivity index (χ2n) is 7.54. The Balaban J connectivity index is 1.22. The van der Waals surface area contributed by atoms with Gasteiger partial charge in [0.2, 0.25) is 0 Å². The van der Waals surface area contributed by atoms with E-state index in [1.807, 2.05) is 35.2 Å². The van der Waals surface area contributed by atoms with Crippen LogP contribution in [0.2, 0.25) is 0 Å². The fourth-order valence-corrected chi connectivity index (χ4v) is 4.04. The van der Waals surface area contributed by atoms with Gasteiger partial charge in [-0.1, -0.05) is 18.2 Å². The van der Waals surface area contributed by atoms with Gasteiger partial charge >= 0.3 is 0 Å². The first-order valence-corrected chi connectivity index (χ1v) is 9.16. The van der Waals surface area contributed by atoms with E-state index in [1.54, 1.807) is 0 Å². The standard InChI is InChI=1S/C19H27N3O3/c1-20-7-9-21(10-8-20)16-11-19(25-12-16)14-22(15-19)18(23)13-24-17-5-3-2-4-6-17/h2-6,16H,7-15H2,1H3/t16-/m0/s1. The average Bonchev–Trinajstić information content (AvgIpc) is 3.06. The van der Waals surface area contributed by atoms with Crippen molar-refractivity contribution in [1.82, 2.24) is 14.7 Å². The Morgan fingerprint density at radius 1 is 1.20 bits per heavy atom. The normalized spacial score (nSPS) is 26.6. The summed E-state index contributed by atoms with van der Waals surface area (Å²) in [6.07, 6.45) is 1.04. The minimum atomic E-state index is -0.115. The van der Waals surface area contributed by atoms with Gasteiger partial charge in [-0.05, 0) is 25.6 Å². The third-order valence-corrected chi connectivity index (χ3v) is 5.66. The molecule has 0 bridgehead atoms. The molecule has 1 aromatic carbocycles. The molecule has 25 heavy (non-hydrogen) atoms. The highest BCUT2D eigenvalue weighted by Crippen LogP contribution is 2.37. The Morgan fingerprint density at radius 2 is 1.92 bits per heavy atom. The van der Waals surface area contributed by atoms with Crippen LogP contribution in [0.25, 0.3) is 0 Å². The fourth-order valence-electron chi connectivity index (χ4n) is 4.04. The largest absolute Gasteiger partial charge is 0.484 e. The van der Waals surface area contributed by atoms with Crippen molar-refractivity contribution in [2.24, 2.45) is 0 Å². The van der Waals surface area contributed by atoms with E-state index in [-0.39, 0.29) is 18.1 Å². The van der Waals surface area contributed by atoms with E-state index < -0.39 is 0 Å². The van der Waals surface area contributed by atoms with Crippen LogP contribution >= 0.6 is 0 Å². The van der Waals surface area contributed by atoms with Crippen LogP contribution in [0.1, 0.15) is 6.42 Å². The van der Waals surface area contributed by atoms with Gasteiger partial charge in [0, 0.05) is 32.2 Å². The predicted molar refractivity (Wildman–Crippen MR) is 94.7 cm³/mol. The first kappa shape index (κ1) is 16.8. The lowest BCUT2D eigenvalue weighted by molar-refractivity contribution is -0.159. The maximum absolute atomic E-state index is 12.3. The summed E-state index contributed by atoms with van der Waals surface area (Å²) < 4.78 is 11.7. The van der Waals surface area contributed by atoms with Crippen LogP contribution in [-0.4, -0.2) is 91.8 Å². The van der Waals surface area contributed by atoms with Gasteiger partial charge in [-0.2, -0.15) is 0 Å². The number of hydrogen-bond acceptors (Lipinski definition) is 5. The van der Waals surface area contributed by atoms with Gasteiger partial charge in [-0.15, -0.1) is 0 Å². The first-order valence-electron chi connectivity index (χ1n) is 9.16. The Labute approximate surface area is 149 Å². The van der Waals surface area contributed by atoms with Crippen molar-refractivity contribution < 1.29 is 14.3 Å². The Bertz CT molecular complexity index is 595. The second-order valence-corrected chi connectivity index (χ2v) is 7.54. The van der Waals surface area contributed by atoms with Crippen molar-refractivity contribution in [2.45, 2.75) is 18.1 Å². The third-order valence-electron chi connectivity index (χ3n) is 5.66. The molecule has 3 heterocycles. The summed E-state index contributed by atoms with van der Waals surface area (Å²) in [5.74, 6) is 0.777. The molecule has 136 valence electrons. The number of piperazine rings is 1. The Kier molecular flexibility index (Phi) is 4.67. The number of likely N-dealkylation sites (tertiary alicyclic amines) is 1. The lowest BCUT2D eigenvalue weighted by atomic mass is 9.89. The monoisotopic (exact) mass is 345 g/mol. The number of amides is 1. The summed E-state index contributed by atoms with van der Waals surface area (Å²) in [6, 6.07) is 9.98. The SMILES string of the molecule is CN1CCN([C@@H]2COC3(C2)CN(C(=O)COc2ccccc2)C3)CC1. The van der Waals surface area contributed by atoms with Gasteiger partial charge in [-0.25, -0.2) is 0 Å². The number of rotatable bonds is 4. The molecule has 0 aromatic heterocycles. The highest BCUT2D eigenvalue weighted by Gasteiger charge is 2.52. The van der Waals surface area contributed by atoms with Crippen LogP contribution in [0.5, 0.6) is 5.75 Å². The van der Waals surface area contributed by atoms with E-state index in [0.717, 1.165) is 45.0 Å². The molecule has 3 aliphatic heterocycles. The van der Waals surface area contributed by atoms with E-state index in [2.05, 4.69) is 16.8 Å². The molecule has 1 spiro atoms. The molecule has 0 radical (unpaired) electrons. The summed E-state index contributed by atoms with van der Waals surface area (Å²) >= 11 is 0. The molecule has 6 nitrogen and oxygen atoms in total. The van der Waals surface area contributed by atoms with E-state index >= 15 is 0 Å². The van der Waals surface area contributed by atoms with Crippen LogP contribution in [-0.2, 0) is 9.53 Å². The topological polar surface area (TPSA) is 45.2 Å². The molecule has 0 N–H and O–H groups in total. The Morgan fingerprint density at radius 3 is 2.64 bits per heavy atom. The number of benzene rings is 1. The number of carbonyl (C=O) groups is 1. The fraction of sp³-hybridized carbons (Fsp3) is 0.632. The highest BCUT2D eigenvalue weighted by atomic mass is 16.5. The van der Waals surface area contributed by atoms with Crippen molar-refractivity contribution in [3.63, 3.8) is 0 Å². The molecule has 3 fully saturated rings. The van der Waals surface area contributed by atoms with Gasteiger partial charge in [0.25, 0.3) is 5.91 Å². The molecule has 6 heteroatoms. The van der Waals surface area contributed by atoms with Gasteiger partial charge in [0.05, 0.1) is 19.7 Å². The van der Waals surface area contributed by atoms with Crippen LogP contribution in [0, 0.1) is 0 Å². The van der Waals surface area contributed by atoms with Crippen molar-refractivity contribution in [3.8, 4) is 5.75 Å². The van der Waals surface area contributed by atoms with Crippen molar-refractivity contribution >= 4 is 5.91 Å². The summed E-state index contributed by atoms with van der Waals surface area (Å²) in [5, 5.41) is 0. The number of para-hydroxylation sites is 1. The molecule has 0 saturated carbocycles. The third kappa shape index (κ3) is 3.66. The Hall–Kier alpha value is -1.63. The quantitative estimate of drug-likeness (QED) is 0.803. The van der Waals surface area contributed by atoms with E-state index in [9.17, 15) is 4.79 Å². The molecular weight excluding hydrogens is 318 g/mol. The number of likely N-dealkylation sites (N-methyl/N-ethyl adjacent to an activating group) is 1. The molecule has 0 aliphatic carbocycles. The smallest absolute Gasteiger partial charge is 0.260 e. The zero-order chi connectivity index (χ0) is 17.3. The lowest BCUT2D eigenvalue weighted by Crippen LogP contribution is -2.64. The maximum atomic E-state index is 12.3. The molecule has 4 rings (SSSR count). The van der Waals surface area contributed by atoms with Gasteiger partial charge in [-0.3, -0.25) is 9.69 Å². The number of hydrogen-bond donors (Lipinski definition) is 0. The molecule has 3 saturated heterocycles. The second kappa shape index (κ2) is 6.94. The summed E-state index contributed by atoms with van der Waals surface area (Å²) in [5.41, 5.74) is -0.115. The van der Waals surface area contributed by atoms with Gasteiger partial charge in [0.1, 0.15) is 11.4 Å². The molecular formula is C19H27N3O3. The zero-order valence-electron chi connectivity index (χ0n) is 14.9. The lowest BCUT2D eigenvalue weighted by Gasteiger charge is -2.47. The van der Waals surface area contributed by atoms with Crippen molar-refractivity contribution in [2.75, 3.05) is 59.5 Å². The zero-order valence-corrected chi connectivity index (χ0v) is 14.9. The molecule has 1 amide bonds. The van der Waals surface area contributed by atoms with Crippen molar-refractivity contribution in [3.05, 3.63) is 30.3 Å². The van der Waals surface area contributed by atoms with E-state index in [0.29, 0.717) is 19.1 Å². The molecule has 1 aromatic rings. The molecule has 0 unspecified atom stereocenters. The van der Waals surface area contributed by atoms with Gasteiger partial charge in [0.15, 0.2) is 6.61 Å². The average molecular weight is 345 g/mol. The highest BCUT2D eigenvalue weighted by molar-refractivity contribution is 5.79. The summed E-state index contributed by atoms with van der Waals surface area (Å²) in [4.78, 5) is 19.1. The number of nitrogens with zero attached hydrogens (tertiary/aromatic N) is 3. The molecule has 1 atom stereocenters. The van der Waals surface area contributed by atoms with E-state index in [1.165, 1.54) is 0 Å². The number of carbonyl (C=O) groups excluding carboxylic acids is 1.